The molecule has 1 atom stereocenters. The Hall–Kier alpha value is -4.54. The number of esters is 1. The molecule has 0 saturated carbocycles. The molecule has 2 aromatic carbocycles. The standard InChI is InChI=1S/C31H26ClFN4O5/c1-40-31(39)20-6-8-26-27(13-20)37(16-23-10-12-41-23)28(34-26)17-36-11-9-19(14-30(36)38)25-3-2-4-29(35-25)42-18-21-5-7-22(32)15-24(21)33/h2-9,11,13-15,23H,10,12,16-18H2,1H3/t23-/m0/s1. The summed E-state index contributed by atoms with van der Waals surface area (Å²) in [7, 11) is 1.34. The zero-order valence-corrected chi connectivity index (χ0v) is 23.4. The van der Waals surface area contributed by atoms with Gasteiger partial charge in [-0.1, -0.05) is 23.7 Å². The fourth-order valence-corrected chi connectivity index (χ4v) is 4.93. The lowest BCUT2D eigenvalue weighted by Crippen LogP contribution is -2.32. The SMILES string of the molecule is COC(=O)c1ccc2nc(Cn3ccc(-c4cccc(OCc5ccc(Cl)cc5F)n4)cc3=O)n(C[C@@H]3CCO3)c2c1. The third-order valence-electron chi connectivity index (χ3n) is 7.15. The van der Waals surface area contributed by atoms with Gasteiger partial charge in [0.2, 0.25) is 5.88 Å². The van der Waals surface area contributed by atoms with E-state index in [9.17, 15) is 14.0 Å². The van der Waals surface area contributed by atoms with Crippen LogP contribution in [0.2, 0.25) is 5.02 Å². The number of rotatable bonds is 9. The number of ether oxygens (including phenoxy) is 3. The van der Waals surface area contributed by atoms with Crippen molar-refractivity contribution in [1.82, 2.24) is 19.1 Å². The third kappa shape index (κ3) is 5.77. The van der Waals surface area contributed by atoms with Gasteiger partial charge in [0, 0.05) is 41.1 Å². The van der Waals surface area contributed by atoms with Crippen molar-refractivity contribution < 1.29 is 23.4 Å². The molecule has 6 rings (SSSR count). The molecular weight excluding hydrogens is 563 g/mol. The third-order valence-corrected chi connectivity index (χ3v) is 7.38. The van der Waals surface area contributed by atoms with E-state index >= 15 is 0 Å². The highest BCUT2D eigenvalue weighted by molar-refractivity contribution is 6.30. The lowest BCUT2D eigenvalue weighted by molar-refractivity contribution is -0.0590. The summed E-state index contributed by atoms with van der Waals surface area (Å²) < 4.78 is 33.9. The molecule has 214 valence electrons. The van der Waals surface area contributed by atoms with Gasteiger partial charge in [-0.15, -0.1) is 0 Å². The van der Waals surface area contributed by atoms with E-state index in [1.807, 2.05) is 4.57 Å². The molecule has 1 fully saturated rings. The minimum atomic E-state index is -0.458. The van der Waals surface area contributed by atoms with Gasteiger partial charge in [0.15, 0.2) is 0 Å². The molecular formula is C31H26ClFN4O5. The maximum atomic E-state index is 14.1. The van der Waals surface area contributed by atoms with Crippen molar-refractivity contribution in [2.45, 2.75) is 32.2 Å². The summed E-state index contributed by atoms with van der Waals surface area (Å²) >= 11 is 5.82. The second-order valence-electron chi connectivity index (χ2n) is 9.88. The summed E-state index contributed by atoms with van der Waals surface area (Å²) in [5.41, 5.74) is 3.17. The maximum Gasteiger partial charge on any atom is 0.337 e. The van der Waals surface area contributed by atoms with Crippen LogP contribution >= 0.6 is 11.6 Å². The highest BCUT2D eigenvalue weighted by Crippen LogP contribution is 2.24. The molecule has 0 radical (unpaired) electrons. The molecule has 9 nitrogen and oxygen atoms in total. The van der Waals surface area contributed by atoms with Gasteiger partial charge in [-0.05, 0) is 48.9 Å². The van der Waals surface area contributed by atoms with Crippen LogP contribution in [-0.2, 0) is 29.2 Å². The minimum Gasteiger partial charge on any atom is -0.473 e. The van der Waals surface area contributed by atoms with E-state index in [4.69, 9.17) is 30.8 Å². The maximum absolute atomic E-state index is 14.1. The summed E-state index contributed by atoms with van der Waals surface area (Å²) in [6.07, 6.45) is 2.66. The fraction of sp³-hybridized carbons (Fsp3) is 0.226. The van der Waals surface area contributed by atoms with Crippen molar-refractivity contribution in [1.29, 1.82) is 0 Å². The summed E-state index contributed by atoms with van der Waals surface area (Å²) in [5.74, 6) is 0.0719. The Kier molecular flexibility index (Phi) is 7.73. The second kappa shape index (κ2) is 11.8. The summed E-state index contributed by atoms with van der Waals surface area (Å²) in [6, 6.07) is 18.1. The number of benzene rings is 2. The van der Waals surface area contributed by atoms with E-state index in [0.29, 0.717) is 57.8 Å². The van der Waals surface area contributed by atoms with Crippen LogP contribution in [0.15, 0.2) is 77.7 Å². The van der Waals surface area contributed by atoms with Crippen LogP contribution in [0.5, 0.6) is 5.88 Å². The molecule has 42 heavy (non-hydrogen) atoms. The van der Waals surface area contributed by atoms with E-state index in [1.165, 1.54) is 19.2 Å². The Morgan fingerprint density at radius 3 is 2.71 bits per heavy atom. The summed E-state index contributed by atoms with van der Waals surface area (Å²) in [4.78, 5) is 34.6. The largest absolute Gasteiger partial charge is 0.473 e. The van der Waals surface area contributed by atoms with Crippen LogP contribution in [0, 0.1) is 5.82 Å². The van der Waals surface area contributed by atoms with E-state index in [0.717, 1.165) is 11.9 Å². The zero-order chi connectivity index (χ0) is 29.2. The van der Waals surface area contributed by atoms with Crippen molar-refractivity contribution in [3.8, 4) is 17.1 Å². The average molecular weight is 589 g/mol. The number of hydrogen-bond donors (Lipinski definition) is 0. The monoisotopic (exact) mass is 588 g/mol. The van der Waals surface area contributed by atoms with Crippen LogP contribution in [0.3, 0.4) is 0 Å². The van der Waals surface area contributed by atoms with Crippen molar-refractivity contribution >= 4 is 28.6 Å². The van der Waals surface area contributed by atoms with Crippen LogP contribution in [0.1, 0.15) is 28.2 Å². The Morgan fingerprint density at radius 1 is 1.12 bits per heavy atom. The predicted molar refractivity (Wildman–Crippen MR) is 154 cm³/mol. The molecule has 4 heterocycles. The molecule has 11 heteroatoms. The van der Waals surface area contributed by atoms with Crippen molar-refractivity contribution in [2.75, 3.05) is 13.7 Å². The molecule has 3 aromatic heterocycles. The van der Waals surface area contributed by atoms with Crippen LogP contribution in [-0.4, -0.2) is 44.9 Å². The lowest BCUT2D eigenvalue weighted by Gasteiger charge is -2.27. The first kappa shape index (κ1) is 27.6. The highest BCUT2D eigenvalue weighted by atomic mass is 35.5. The fourth-order valence-electron chi connectivity index (χ4n) is 4.77. The topological polar surface area (TPSA) is 97.5 Å². The quantitative estimate of drug-likeness (QED) is 0.217. The number of carbonyl (C=O) groups excluding carboxylic acids is 1. The molecule has 0 amide bonds. The van der Waals surface area contributed by atoms with Crippen molar-refractivity contribution in [3.05, 3.63) is 111 Å². The Morgan fingerprint density at radius 2 is 1.98 bits per heavy atom. The Labute approximate surface area is 245 Å². The van der Waals surface area contributed by atoms with Crippen molar-refractivity contribution in [2.24, 2.45) is 0 Å². The number of imidazole rings is 1. The summed E-state index contributed by atoms with van der Waals surface area (Å²) in [5, 5.41) is 0.309. The van der Waals surface area contributed by atoms with Gasteiger partial charge in [0.1, 0.15) is 18.2 Å². The molecule has 0 N–H and O–H groups in total. The highest BCUT2D eigenvalue weighted by Gasteiger charge is 2.23. The van der Waals surface area contributed by atoms with Gasteiger partial charge in [-0.2, -0.15) is 0 Å². The number of nitrogens with zero attached hydrogens (tertiary/aromatic N) is 4. The van der Waals surface area contributed by atoms with Crippen LogP contribution in [0.4, 0.5) is 4.39 Å². The van der Waals surface area contributed by atoms with E-state index < -0.39 is 11.8 Å². The number of halogens is 2. The van der Waals surface area contributed by atoms with Crippen LogP contribution < -0.4 is 10.3 Å². The Bertz CT molecular complexity index is 1850. The minimum absolute atomic E-state index is 0.0188. The molecule has 0 unspecified atom stereocenters. The van der Waals surface area contributed by atoms with E-state index in [-0.39, 0.29) is 24.8 Å². The molecule has 0 spiro atoms. The molecule has 1 saturated heterocycles. The number of pyridine rings is 2. The molecule has 0 bridgehead atoms. The molecule has 1 aliphatic rings. The molecule has 1 aliphatic heterocycles. The first-order chi connectivity index (χ1) is 20.4. The number of hydrogen-bond acceptors (Lipinski definition) is 7. The van der Waals surface area contributed by atoms with Crippen LogP contribution in [0.25, 0.3) is 22.3 Å². The normalized spacial score (nSPS) is 14.5. The van der Waals surface area contributed by atoms with Gasteiger partial charge in [-0.3, -0.25) is 4.79 Å². The van der Waals surface area contributed by atoms with Gasteiger partial charge in [0.05, 0.1) is 48.6 Å². The number of carbonyl (C=O) groups is 1. The number of fused-ring (bicyclic) bond motifs is 1. The molecule has 0 aliphatic carbocycles. The van der Waals surface area contributed by atoms with Gasteiger partial charge >= 0.3 is 5.97 Å². The summed E-state index contributed by atoms with van der Waals surface area (Å²) in [6.45, 7) is 1.46. The predicted octanol–water partition coefficient (Wildman–Crippen LogP) is 5.26. The van der Waals surface area contributed by atoms with Gasteiger partial charge < -0.3 is 23.3 Å². The first-order valence-electron chi connectivity index (χ1n) is 13.3. The number of aromatic nitrogens is 4. The molecule has 5 aromatic rings. The van der Waals surface area contributed by atoms with Gasteiger partial charge in [0.25, 0.3) is 5.56 Å². The van der Waals surface area contributed by atoms with E-state index in [2.05, 4.69) is 4.98 Å². The van der Waals surface area contributed by atoms with Gasteiger partial charge in [-0.25, -0.2) is 19.2 Å². The number of methoxy groups -OCH3 is 1. The zero-order valence-electron chi connectivity index (χ0n) is 22.6. The average Bonchev–Trinajstić information content (AvgIpc) is 3.31. The smallest absolute Gasteiger partial charge is 0.337 e. The lowest BCUT2D eigenvalue weighted by atomic mass is 10.1. The second-order valence-corrected chi connectivity index (χ2v) is 10.3. The Balaban J connectivity index is 1.24. The first-order valence-corrected chi connectivity index (χ1v) is 13.7. The van der Waals surface area contributed by atoms with E-state index in [1.54, 1.807) is 65.4 Å². The van der Waals surface area contributed by atoms with Crippen molar-refractivity contribution in [3.63, 3.8) is 0 Å².